The number of benzene rings is 2. The highest BCUT2D eigenvalue weighted by Crippen LogP contribution is 2.21. The molecule has 3 aromatic rings. The number of rotatable bonds is 5. The summed E-state index contributed by atoms with van der Waals surface area (Å²) in [5.41, 5.74) is 2.70. The van der Waals surface area contributed by atoms with Crippen molar-refractivity contribution in [1.82, 2.24) is 15.6 Å². The van der Waals surface area contributed by atoms with E-state index >= 15 is 0 Å². The van der Waals surface area contributed by atoms with Crippen LogP contribution in [0.4, 0.5) is 5.82 Å². The first kappa shape index (κ1) is 19.4. The molecule has 0 bridgehead atoms. The first-order valence-electron chi connectivity index (χ1n) is 9.71. The average Bonchev–Trinajstić information content (AvgIpc) is 2.79. The van der Waals surface area contributed by atoms with E-state index in [1.54, 1.807) is 6.20 Å². The number of halogens is 1. The van der Waals surface area contributed by atoms with Crippen LogP contribution in [0.25, 0.3) is 0 Å². The molecular weight excluding hydrogens is 384 g/mol. The topological polar surface area (TPSA) is 57.3 Å². The molecule has 6 heteroatoms. The first-order chi connectivity index (χ1) is 14.2. The van der Waals surface area contributed by atoms with Crippen LogP contribution in [0.15, 0.2) is 72.9 Å². The van der Waals surface area contributed by atoms with E-state index in [4.69, 9.17) is 11.6 Å². The van der Waals surface area contributed by atoms with Gasteiger partial charge in [0.25, 0.3) is 5.91 Å². The smallest absolute Gasteiger partial charge is 0.253 e. The monoisotopic (exact) mass is 406 g/mol. The molecule has 1 amide bonds. The Morgan fingerprint density at radius 3 is 2.66 bits per heavy atom. The Bertz CT molecular complexity index is 962. The van der Waals surface area contributed by atoms with E-state index in [0.717, 1.165) is 31.0 Å². The van der Waals surface area contributed by atoms with E-state index in [0.29, 0.717) is 17.1 Å². The third-order valence-electron chi connectivity index (χ3n) is 5.11. The van der Waals surface area contributed by atoms with Gasteiger partial charge in [-0.25, -0.2) is 4.98 Å². The van der Waals surface area contributed by atoms with Crippen molar-refractivity contribution in [1.29, 1.82) is 0 Å². The number of carbonyl (C=O) groups is 1. The Hall–Kier alpha value is -2.89. The van der Waals surface area contributed by atoms with Crippen LogP contribution < -0.4 is 15.5 Å². The number of nitrogens with zero attached hydrogens (tertiary/aromatic N) is 2. The second-order valence-corrected chi connectivity index (χ2v) is 7.45. The van der Waals surface area contributed by atoms with Crippen LogP contribution in [-0.2, 0) is 6.54 Å². The molecule has 1 fully saturated rings. The highest BCUT2D eigenvalue weighted by molar-refractivity contribution is 6.31. The van der Waals surface area contributed by atoms with Crippen LogP contribution >= 0.6 is 11.6 Å². The molecule has 5 nitrogen and oxygen atoms in total. The maximum Gasteiger partial charge on any atom is 0.253 e. The predicted molar refractivity (Wildman–Crippen MR) is 116 cm³/mol. The minimum absolute atomic E-state index is 0.161. The first-order valence-corrected chi connectivity index (χ1v) is 10.1. The summed E-state index contributed by atoms with van der Waals surface area (Å²) < 4.78 is 0. The van der Waals surface area contributed by atoms with E-state index in [1.807, 2.05) is 42.5 Å². The number of aromatic nitrogens is 1. The summed E-state index contributed by atoms with van der Waals surface area (Å²) in [5.74, 6) is 0.724. The maximum atomic E-state index is 12.4. The quantitative estimate of drug-likeness (QED) is 0.676. The molecule has 2 N–H and O–H groups in total. The van der Waals surface area contributed by atoms with E-state index < -0.39 is 0 Å². The molecule has 0 spiro atoms. The van der Waals surface area contributed by atoms with Gasteiger partial charge in [0.2, 0.25) is 0 Å². The number of hydrogen-bond donors (Lipinski definition) is 2. The lowest BCUT2D eigenvalue weighted by Crippen LogP contribution is -2.46. The van der Waals surface area contributed by atoms with E-state index in [2.05, 4.69) is 44.8 Å². The molecule has 0 saturated carbocycles. The van der Waals surface area contributed by atoms with Crippen molar-refractivity contribution in [3.8, 4) is 0 Å². The molecular formula is C23H23ClN4O. The number of hydrogen-bond acceptors (Lipinski definition) is 4. The van der Waals surface area contributed by atoms with Crippen molar-refractivity contribution in [3.63, 3.8) is 0 Å². The van der Waals surface area contributed by atoms with Crippen LogP contribution in [0.1, 0.15) is 27.5 Å². The SMILES string of the molecule is O=C(NCc1ccccc1Cl)c1ccc(N2CCN[C@H](c3ccccc3)C2)nc1. The van der Waals surface area contributed by atoms with Gasteiger partial charge in [0.1, 0.15) is 5.82 Å². The summed E-state index contributed by atoms with van der Waals surface area (Å²) in [6.07, 6.45) is 1.64. The molecule has 1 aliphatic rings. The van der Waals surface area contributed by atoms with Crippen molar-refractivity contribution in [2.45, 2.75) is 12.6 Å². The Balaban J connectivity index is 1.38. The van der Waals surface area contributed by atoms with Gasteiger partial charge in [0.15, 0.2) is 0 Å². The highest BCUT2D eigenvalue weighted by atomic mass is 35.5. The summed E-state index contributed by atoms with van der Waals surface area (Å²) in [6.45, 7) is 3.00. The zero-order chi connectivity index (χ0) is 20.1. The molecule has 1 saturated heterocycles. The van der Waals surface area contributed by atoms with Crippen LogP contribution in [-0.4, -0.2) is 30.5 Å². The van der Waals surface area contributed by atoms with Crippen molar-refractivity contribution in [3.05, 3.63) is 94.6 Å². The maximum absolute atomic E-state index is 12.4. The van der Waals surface area contributed by atoms with Crippen molar-refractivity contribution in [2.24, 2.45) is 0 Å². The molecule has 0 aliphatic carbocycles. The highest BCUT2D eigenvalue weighted by Gasteiger charge is 2.21. The summed E-state index contributed by atoms with van der Waals surface area (Å²) in [5, 5.41) is 7.10. The fourth-order valence-electron chi connectivity index (χ4n) is 3.49. The molecule has 1 aliphatic heterocycles. The summed E-state index contributed by atoms with van der Waals surface area (Å²) in [6, 6.07) is 21.9. The van der Waals surface area contributed by atoms with Gasteiger partial charge in [0.05, 0.1) is 5.56 Å². The van der Waals surface area contributed by atoms with Gasteiger partial charge >= 0.3 is 0 Å². The fourth-order valence-corrected chi connectivity index (χ4v) is 3.70. The van der Waals surface area contributed by atoms with Crippen LogP contribution in [0.3, 0.4) is 0 Å². The number of amides is 1. The molecule has 0 radical (unpaired) electrons. The Labute approximate surface area is 175 Å². The number of piperazine rings is 1. The molecule has 29 heavy (non-hydrogen) atoms. The van der Waals surface area contributed by atoms with Crippen LogP contribution in [0.2, 0.25) is 5.02 Å². The Kier molecular flexibility index (Phi) is 6.08. The molecule has 2 aromatic carbocycles. The van der Waals surface area contributed by atoms with Gasteiger partial charge in [-0.05, 0) is 29.3 Å². The third kappa shape index (κ3) is 4.75. The lowest BCUT2D eigenvalue weighted by Gasteiger charge is -2.34. The second kappa shape index (κ2) is 9.07. The summed E-state index contributed by atoms with van der Waals surface area (Å²) in [7, 11) is 0. The van der Waals surface area contributed by atoms with Crippen LogP contribution in [0, 0.1) is 0 Å². The minimum Gasteiger partial charge on any atom is -0.353 e. The number of anilines is 1. The fraction of sp³-hybridized carbons (Fsp3) is 0.217. The van der Waals surface area contributed by atoms with Gasteiger partial charge in [-0.2, -0.15) is 0 Å². The minimum atomic E-state index is -0.161. The van der Waals surface area contributed by atoms with Crippen molar-refractivity contribution >= 4 is 23.3 Å². The van der Waals surface area contributed by atoms with Gasteiger partial charge in [-0.1, -0.05) is 60.1 Å². The molecule has 2 heterocycles. The number of nitrogens with one attached hydrogen (secondary N) is 2. The molecule has 0 unspecified atom stereocenters. The number of pyridine rings is 1. The van der Waals surface area contributed by atoms with Crippen LogP contribution in [0.5, 0.6) is 0 Å². The predicted octanol–water partition coefficient (Wildman–Crippen LogP) is 3.82. The second-order valence-electron chi connectivity index (χ2n) is 7.04. The van der Waals surface area contributed by atoms with E-state index in [-0.39, 0.29) is 11.9 Å². The zero-order valence-electron chi connectivity index (χ0n) is 16.0. The molecule has 4 rings (SSSR count). The molecule has 1 atom stereocenters. The van der Waals surface area contributed by atoms with Gasteiger partial charge in [-0.3, -0.25) is 4.79 Å². The van der Waals surface area contributed by atoms with Gasteiger partial charge in [0, 0.05) is 43.4 Å². The standard InChI is InChI=1S/C23H23ClN4O/c24-20-9-5-4-8-18(20)14-27-23(29)19-10-11-22(26-15-19)28-13-12-25-21(16-28)17-6-2-1-3-7-17/h1-11,15,21,25H,12-14,16H2,(H,27,29)/t21-/m0/s1. The molecule has 148 valence electrons. The molecule has 1 aromatic heterocycles. The lowest BCUT2D eigenvalue weighted by atomic mass is 10.0. The van der Waals surface area contributed by atoms with Crippen molar-refractivity contribution < 1.29 is 4.79 Å². The zero-order valence-corrected chi connectivity index (χ0v) is 16.8. The lowest BCUT2D eigenvalue weighted by molar-refractivity contribution is 0.0950. The van der Waals surface area contributed by atoms with E-state index in [9.17, 15) is 4.79 Å². The average molecular weight is 407 g/mol. The van der Waals surface area contributed by atoms with Gasteiger partial charge in [-0.15, -0.1) is 0 Å². The summed E-state index contributed by atoms with van der Waals surface area (Å²) in [4.78, 5) is 19.2. The van der Waals surface area contributed by atoms with Gasteiger partial charge < -0.3 is 15.5 Å². The Morgan fingerprint density at radius 1 is 1.10 bits per heavy atom. The normalized spacial score (nSPS) is 16.4. The summed E-state index contributed by atoms with van der Waals surface area (Å²) >= 11 is 6.14. The van der Waals surface area contributed by atoms with E-state index in [1.165, 1.54) is 5.56 Å². The van der Waals surface area contributed by atoms with Crippen molar-refractivity contribution in [2.75, 3.05) is 24.5 Å². The largest absolute Gasteiger partial charge is 0.353 e. The Morgan fingerprint density at radius 2 is 1.90 bits per heavy atom. The third-order valence-corrected chi connectivity index (χ3v) is 5.48. The number of carbonyl (C=O) groups excluding carboxylic acids is 1.